The molecule has 1 aliphatic rings. The maximum absolute atomic E-state index is 13.0. The number of morpholine rings is 1. The quantitative estimate of drug-likeness (QED) is 0.567. The van der Waals surface area contributed by atoms with Crippen LogP contribution < -0.4 is 5.32 Å². The minimum atomic E-state index is 0.00206. The lowest BCUT2D eigenvalue weighted by Crippen LogP contribution is -2.44. The average Bonchev–Trinajstić information content (AvgIpc) is 3.10. The number of benzene rings is 2. The summed E-state index contributed by atoms with van der Waals surface area (Å²) in [6, 6.07) is 16.2. The van der Waals surface area contributed by atoms with E-state index in [-0.39, 0.29) is 11.9 Å². The van der Waals surface area contributed by atoms with Gasteiger partial charge < -0.3 is 10.1 Å². The Hall–Kier alpha value is -2.67. The van der Waals surface area contributed by atoms with Gasteiger partial charge in [0.25, 0.3) is 0 Å². The van der Waals surface area contributed by atoms with Gasteiger partial charge in [0.05, 0.1) is 37.1 Å². The van der Waals surface area contributed by atoms with Gasteiger partial charge >= 0.3 is 0 Å². The summed E-state index contributed by atoms with van der Waals surface area (Å²) in [5.74, 6) is 0.00206. The molecule has 1 saturated heterocycles. The Kier molecular flexibility index (Phi) is 7.48. The number of nitrogens with zero attached hydrogens (tertiary/aromatic N) is 3. The van der Waals surface area contributed by atoms with Crippen molar-refractivity contribution in [2.24, 2.45) is 0 Å². The second kappa shape index (κ2) is 10.5. The maximum atomic E-state index is 13.0. The lowest BCUT2D eigenvalue weighted by Gasteiger charge is -2.35. The zero-order chi connectivity index (χ0) is 23.4. The van der Waals surface area contributed by atoms with Crippen LogP contribution in [0.25, 0.3) is 5.69 Å². The first-order valence-corrected chi connectivity index (χ1v) is 11.8. The van der Waals surface area contributed by atoms with Gasteiger partial charge in [-0.3, -0.25) is 9.69 Å². The molecule has 1 atom stereocenters. The van der Waals surface area contributed by atoms with Gasteiger partial charge in [0.1, 0.15) is 0 Å². The number of rotatable bonds is 7. The third-order valence-corrected chi connectivity index (χ3v) is 6.54. The van der Waals surface area contributed by atoms with E-state index in [4.69, 9.17) is 16.3 Å². The van der Waals surface area contributed by atoms with Gasteiger partial charge in [0.15, 0.2) is 0 Å². The standard InChI is InChI=1S/C26H31ClN4O2/c1-18-4-6-21(7-5-18)25(30-12-14-33-15-13-30)17-28-26(32)16-24-19(2)29-31(20(24)3)23-10-8-22(27)9-11-23/h4-11,25H,12-17H2,1-3H3,(H,28,32). The van der Waals surface area contributed by atoms with Crippen LogP contribution in [0.2, 0.25) is 5.02 Å². The lowest BCUT2D eigenvalue weighted by molar-refractivity contribution is -0.120. The lowest BCUT2D eigenvalue weighted by atomic mass is 10.0. The molecule has 33 heavy (non-hydrogen) atoms. The first-order valence-electron chi connectivity index (χ1n) is 11.4. The van der Waals surface area contributed by atoms with Crippen molar-refractivity contribution in [1.29, 1.82) is 0 Å². The first kappa shape index (κ1) is 23.5. The third-order valence-electron chi connectivity index (χ3n) is 6.29. The maximum Gasteiger partial charge on any atom is 0.224 e. The van der Waals surface area contributed by atoms with Gasteiger partial charge in [-0.1, -0.05) is 41.4 Å². The zero-order valence-electron chi connectivity index (χ0n) is 19.5. The summed E-state index contributed by atoms with van der Waals surface area (Å²) in [6.45, 7) is 9.76. The van der Waals surface area contributed by atoms with E-state index in [1.807, 2.05) is 42.8 Å². The van der Waals surface area contributed by atoms with Gasteiger partial charge in [0.2, 0.25) is 5.91 Å². The van der Waals surface area contributed by atoms with Gasteiger partial charge in [0, 0.05) is 35.9 Å². The van der Waals surface area contributed by atoms with Crippen LogP contribution in [0.1, 0.15) is 34.1 Å². The molecular formula is C26H31ClN4O2. The van der Waals surface area contributed by atoms with E-state index in [0.29, 0.717) is 18.0 Å². The molecule has 0 spiro atoms. The predicted molar refractivity (Wildman–Crippen MR) is 131 cm³/mol. The van der Waals surface area contributed by atoms with Gasteiger partial charge in [-0.05, 0) is 50.6 Å². The summed E-state index contributed by atoms with van der Waals surface area (Å²) in [7, 11) is 0. The van der Waals surface area contributed by atoms with E-state index in [1.165, 1.54) is 11.1 Å². The Labute approximate surface area is 200 Å². The van der Waals surface area contributed by atoms with E-state index in [1.54, 1.807) is 0 Å². The Morgan fingerprint density at radius 2 is 1.73 bits per heavy atom. The highest BCUT2D eigenvalue weighted by Gasteiger charge is 2.24. The number of nitrogens with one attached hydrogen (secondary N) is 1. The van der Waals surface area contributed by atoms with Crippen LogP contribution >= 0.6 is 11.6 Å². The number of hydrogen-bond acceptors (Lipinski definition) is 4. The molecule has 0 saturated carbocycles. The number of halogens is 1. The third kappa shape index (κ3) is 5.64. The largest absolute Gasteiger partial charge is 0.379 e. The molecule has 1 aromatic heterocycles. The van der Waals surface area contributed by atoms with Crippen LogP contribution in [0.15, 0.2) is 48.5 Å². The monoisotopic (exact) mass is 466 g/mol. The molecule has 0 radical (unpaired) electrons. The topological polar surface area (TPSA) is 59.4 Å². The van der Waals surface area contributed by atoms with E-state index in [2.05, 4.69) is 46.5 Å². The second-order valence-electron chi connectivity index (χ2n) is 8.59. The normalized spacial score (nSPS) is 15.4. The van der Waals surface area contributed by atoms with Crippen LogP contribution in [0.3, 0.4) is 0 Å². The molecule has 1 unspecified atom stereocenters. The molecule has 1 amide bonds. The van der Waals surface area contributed by atoms with E-state index in [9.17, 15) is 4.79 Å². The number of ether oxygens (including phenoxy) is 1. The molecule has 4 rings (SSSR count). The SMILES string of the molecule is Cc1ccc(C(CNC(=O)Cc2c(C)nn(-c3ccc(Cl)cc3)c2C)N2CCOCC2)cc1. The number of carbonyl (C=O) groups is 1. The van der Waals surface area contributed by atoms with Crippen LogP contribution in [0.4, 0.5) is 0 Å². The van der Waals surface area contributed by atoms with Crippen LogP contribution in [-0.2, 0) is 16.0 Å². The summed E-state index contributed by atoms with van der Waals surface area (Å²) in [5.41, 5.74) is 6.16. The summed E-state index contributed by atoms with van der Waals surface area (Å²) in [6.07, 6.45) is 0.301. The van der Waals surface area contributed by atoms with Gasteiger partial charge in [-0.25, -0.2) is 4.68 Å². The molecule has 7 heteroatoms. The number of amides is 1. The van der Waals surface area contributed by atoms with Crippen molar-refractivity contribution in [3.63, 3.8) is 0 Å². The molecule has 2 aromatic carbocycles. The first-order chi connectivity index (χ1) is 15.9. The van der Waals surface area contributed by atoms with Gasteiger partial charge in [-0.2, -0.15) is 5.10 Å². The van der Waals surface area contributed by atoms with E-state index < -0.39 is 0 Å². The molecule has 2 heterocycles. The summed E-state index contributed by atoms with van der Waals surface area (Å²) >= 11 is 6.02. The van der Waals surface area contributed by atoms with E-state index >= 15 is 0 Å². The fourth-order valence-electron chi connectivity index (χ4n) is 4.33. The van der Waals surface area contributed by atoms with Crippen molar-refractivity contribution in [3.8, 4) is 5.69 Å². The summed E-state index contributed by atoms with van der Waals surface area (Å²) in [5, 5.41) is 8.52. The van der Waals surface area contributed by atoms with E-state index in [0.717, 1.165) is 48.9 Å². The average molecular weight is 467 g/mol. The highest BCUT2D eigenvalue weighted by molar-refractivity contribution is 6.30. The fraction of sp³-hybridized carbons (Fsp3) is 0.385. The predicted octanol–water partition coefficient (Wildman–Crippen LogP) is 4.18. The Morgan fingerprint density at radius 3 is 2.39 bits per heavy atom. The van der Waals surface area contributed by atoms with Crippen molar-refractivity contribution in [2.75, 3.05) is 32.8 Å². The molecule has 1 N–H and O–H groups in total. The number of aryl methyl sites for hydroxylation is 2. The molecule has 6 nitrogen and oxygen atoms in total. The molecule has 0 aliphatic carbocycles. The number of carbonyl (C=O) groups excluding carboxylic acids is 1. The minimum absolute atomic E-state index is 0.00206. The number of aromatic nitrogens is 2. The highest BCUT2D eigenvalue weighted by Crippen LogP contribution is 2.23. The Morgan fingerprint density at radius 1 is 1.06 bits per heavy atom. The van der Waals surface area contributed by atoms with Crippen molar-refractivity contribution >= 4 is 17.5 Å². The molecule has 174 valence electrons. The minimum Gasteiger partial charge on any atom is -0.379 e. The van der Waals surface area contributed by atoms with Crippen molar-refractivity contribution in [3.05, 3.63) is 81.6 Å². The van der Waals surface area contributed by atoms with Crippen LogP contribution in [0.5, 0.6) is 0 Å². The van der Waals surface area contributed by atoms with Crippen LogP contribution in [0, 0.1) is 20.8 Å². The molecule has 1 fully saturated rings. The second-order valence-corrected chi connectivity index (χ2v) is 9.03. The smallest absolute Gasteiger partial charge is 0.224 e. The van der Waals surface area contributed by atoms with Gasteiger partial charge in [-0.15, -0.1) is 0 Å². The molecule has 0 bridgehead atoms. The zero-order valence-corrected chi connectivity index (χ0v) is 20.2. The Bertz CT molecular complexity index is 1090. The molecule has 1 aliphatic heterocycles. The molecular weight excluding hydrogens is 436 g/mol. The Balaban J connectivity index is 1.46. The van der Waals surface area contributed by atoms with Crippen molar-refractivity contribution in [2.45, 2.75) is 33.2 Å². The molecule has 3 aromatic rings. The summed E-state index contributed by atoms with van der Waals surface area (Å²) in [4.78, 5) is 15.4. The highest BCUT2D eigenvalue weighted by atomic mass is 35.5. The summed E-state index contributed by atoms with van der Waals surface area (Å²) < 4.78 is 7.41. The van der Waals surface area contributed by atoms with Crippen LogP contribution in [-0.4, -0.2) is 53.4 Å². The number of hydrogen-bond donors (Lipinski definition) is 1. The van der Waals surface area contributed by atoms with Crippen molar-refractivity contribution < 1.29 is 9.53 Å². The fourth-order valence-corrected chi connectivity index (χ4v) is 4.46. The van der Waals surface area contributed by atoms with Crippen molar-refractivity contribution in [1.82, 2.24) is 20.0 Å².